The molecule has 24 heavy (non-hydrogen) atoms. The van der Waals surface area contributed by atoms with Gasteiger partial charge in [0, 0.05) is 6.07 Å². The van der Waals surface area contributed by atoms with E-state index in [0.29, 0.717) is 0 Å². The van der Waals surface area contributed by atoms with E-state index in [2.05, 4.69) is 10.6 Å². The molecule has 0 spiro atoms. The Bertz CT molecular complexity index is 844. The van der Waals surface area contributed by atoms with Gasteiger partial charge in [-0.1, -0.05) is 6.07 Å². The lowest BCUT2D eigenvalue weighted by Crippen LogP contribution is -2.26. The SMILES string of the molecule is O=C1COc2c(cccc2NC(=O)c2c(F)c(F)cc(F)c2F)N1. The third-order valence-corrected chi connectivity index (χ3v) is 3.22. The van der Waals surface area contributed by atoms with Crippen LogP contribution in [0.15, 0.2) is 24.3 Å². The number of para-hydroxylation sites is 1. The summed E-state index contributed by atoms with van der Waals surface area (Å²) in [6, 6.07) is 4.25. The van der Waals surface area contributed by atoms with Crippen molar-refractivity contribution in [3.05, 3.63) is 53.1 Å². The standard InChI is InChI=1S/C15H8F4N2O3/c16-6-4-7(17)13(19)11(12(6)18)15(23)21-9-3-1-2-8-14(9)24-5-10(22)20-8/h1-4H,5H2,(H,20,22)(H,21,23). The Kier molecular flexibility index (Phi) is 3.84. The molecule has 2 aromatic rings. The van der Waals surface area contributed by atoms with E-state index in [1.54, 1.807) is 0 Å². The Morgan fingerprint density at radius 2 is 1.79 bits per heavy atom. The van der Waals surface area contributed by atoms with E-state index in [1.165, 1.54) is 18.2 Å². The van der Waals surface area contributed by atoms with Crippen LogP contribution in [0.5, 0.6) is 5.75 Å². The van der Waals surface area contributed by atoms with Gasteiger partial charge < -0.3 is 15.4 Å². The van der Waals surface area contributed by atoms with E-state index in [1.807, 2.05) is 0 Å². The van der Waals surface area contributed by atoms with Crippen LogP contribution < -0.4 is 15.4 Å². The molecule has 0 unspecified atom stereocenters. The Morgan fingerprint density at radius 1 is 1.12 bits per heavy atom. The van der Waals surface area contributed by atoms with Crippen LogP contribution in [-0.4, -0.2) is 18.4 Å². The fourth-order valence-electron chi connectivity index (χ4n) is 2.17. The topological polar surface area (TPSA) is 67.4 Å². The minimum Gasteiger partial charge on any atom is -0.479 e. The van der Waals surface area contributed by atoms with Crippen molar-refractivity contribution in [1.29, 1.82) is 0 Å². The van der Waals surface area contributed by atoms with Gasteiger partial charge in [0.25, 0.3) is 11.8 Å². The normalized spacial score (nSPS) is 12.9. The fourth-order valence-corrected chi connectivity index (χ4v) is 2.17. The number of anilines is 2. The minimum absolute atomic E-state index is 0.00444. The van der Waals surface area contributed by atoms with E-state index in [9.17, 15) is 27.2 Å². The molecule has 0 aliphatic carbocycles. The Balaban J connectivity index is 1.98. The predicted molar refractivity (Wildman–Crippen MR) is 74.8 cm³/mol. The lowest BCUT2D eigenvalue weighted by Gasteiger charge is -2.20. The van der Waals surface area contributed by atoms with Gasteiger partial charge in [-0.3, -0.25) is 9.59 Å². The van der Waals surface area contributed by atoms with Gasteiger partial charge in [-0.2, -0.15) is 0 Å². The quantitative estimate of drug-likeness (QED) is 0.653. The number of ether oxygens (including phenoxy) is 1. The molecule has 0 fully saturated rings. The summed E-state index contributed by atoms with van der Waals surface area (Å²) >= 11 is 0. The van der Waals surface area contributed by atoms with Crippen molar-refractivity contribution in [2.45, 2.75) is 0 Å². The first-order chi connectivity index (χ1) is 11.4. The van der Waals surface area contributed by atoms with E-state index in [0.717, 1.165) is 0 Å². The van der Waals surface area contributed by atoms with Crippen molar-refractivity contribution in [3.63, 3.8) is 0 Å². The van der Waals surface area contributed by atoms with Crippen molar-refractivity contribution in [2.75, 3.05) is 17.2 Å². The van der Waals surface area contributed by atoms with Crippen LogP contribution >= 0.6 is 0 Å². The lowest BCUT2D eigenvalue weighted by atomic mass is 10.1. The molecule has 5 nitrogen and oxygen atoms in total. The van der Waals surface area contributed by atoms with Crippen LogP contribution in [0.25, 0.3) is 0 Å². The molecule has 0 aromatic heterocycles. The molecule has 3 rings (SSSR count). The average molecular weight is 340 g/mol. The van der Waals surface area contributed by atoms with Gasteiger partial charge in [-0.25, -0.2) is 17.6 Å². The molecular formula is C15H8F4N2O3. The van der Waals surface area contributed by atoms with Crippen LogP contribution in [0.4, 0.5) is 28.9 Å². The maximum absolute atomic E-state index is 13.7. The highest BCUT2D eigenvalue weighted by molar-refractivity contribution is 6.07. The summed E-state index contributed by atoms with van der Waals surface area (Å²) in [6.07, 6.45) is 0. The van der Waals surface area contributed by atoms with Crippen molar-refractivity contribution < 1.29 is 31.9 Å². The van der Waals surface area contributed by atoms with Crippen molar-refractivity contribution in [2.24, 2.45) is 0 Å². The number of benzene rings is 2. The molecule has 9 heteroatoms. The third kappa shape index (κ3) is 2.64. The van der Waals surface area contributed by atoms with Gasteiger partial charge >= 0.3 is 0 Å². The zero-order chi connectivity index (χ0) is 17.4. The number of halogens is 4. The van der Waals surface area contributed by atoms with Crippen LogP contribution in [0.2, 0.25) is 0 Å². The smallest absolute Gasteiger partial charge is 0.262 e. The number of amides is 2. The van der Waals surface area contributed by atoms with Crippen LogP contribution in [0, 0.1) is 23.3 Å². The van der Waals surface area contributed by atoms with E-state index >= 15 is 0 Å². The van der Waals surface area contributed by atoms with Gasteiger partial charge in [0.2, 0.25) is 0 Å². The molecule has 2 aromatic carbocycles. The first-order valence-corrected chi connectivity index (χ1v) is 6.58. The highest BCUT2D eigenvalue weighted by Gasteiger charge is 2.26. The summed E-state index contributed by atoms with van der Waals surface area (Å²) in [5.74, 6) is -8.79. The van der Waals surface area contributed by atoms with Gasteiger partial charge in [0.05, 0.1) is 11.4 Å². The molecule has 1 aliphatic heterocycles. The highest BCUT2D eigenvalue weighted by Crippen LogP contribution is 2.36. The van der Waals surface area contributed by atoms with Crippen molar-refractivity contribution >= 4 is 23.2 Å². The van der Waals surface area contributed by atoms with E-state index in [4.69, 9.17) is 4.74 Å². The largest absolute Gasteiger partial charge is 0.479 e. The zero-order valence-corrected chi connectivity index (χ0v) is 11.8. The van der Waals surface area contributed by atoms with Crippen molar-refractivity contribution in [1.82, 2.24) is 0 Å². The fraction of sp³-hybridized carbons (Fsp3) is 0.0667. The number of carbonyl (C=O) groups excluding carboxylic acids is 2. The molecular weight excluding hydrogens is 332 g/mol. The Morgan fingerprint density at radius 3 is 2.46 bits per heavy atom. The monoisotopic (exact) mass is 340 g/mol. The lowest BCUT2D eigenvalue weighted by molar-refractivity contribution is -0.118. The number of rotatable bonds is 2. The summed E-state index contributed by atoms with van der Waals surface area (Å²) in [5, 5.41) is 4.58. The molecule has 2 amide bonds. The second kappa shape index (κ2) is 5.84. The second-order valence-corrected chi connectivity index (χ2v) is 4.82. The Hall–Kier alpha value is -3.10. The summed E-state index contributed by atoms with van der Waals surface area (Å²) in [6.45, 7) is -0.322. The average Bonchev–Trinajstić information content (AvgIpc) is 2.53. The Labute approximate surface area is 132 Å². The highest BCUT2D eigenvalue weighted by atomic mass is 19.2. The summed E-state index contributed by atoms with van der Waals surface area (Å²) in [4.78, 5) is 23.3. The molecule has 124 valence electrons. The van der Waals surface area contributed by atoms with Gasteiger partial charge in [0.15, 0.2) is 35.6 Å². The summed E-state index contributed by atoms with van der Waals surface area (Å²) < 4.78 is 58.9. The predicted octanol–water partition coefficient (Wildman–Crippen LogP) is 2.83. The van der Waals surface area contributed by atoms with Gasteiger partial charge in [-0.05, 0) is 12.1 Å². The van der Waals surface area contributed by atoms with Crippen LogP contribution in [0.1, 0.15) is 10.4 Å². The summed E-state index contributed by atoms with van der Waals surface area (Å²) in [5.41, 5.74) is -1.19. The van der Waals surface area contributed by atoms with Gasteiger partial charge in [-0.15, -0.1) is 0 Å². The molecule has 1 aliphatic rings. The first kappa shape index (κ1) is 15.8. The van der Waals surface area contributed by atoms with Gasteiger partial charge in [0.1, 0.15) is 5.56 Å². The number of fused-ring (bicyclic) bond motifs is 1. The first-order valence-electron chi connectivity index (χ1n) is 6.58. The maximum Gasteiger partial charge on any atom is 0.262 e. The molecule has 0 radical (unpaired) electrons. The summed E-state index contributed by atoms with van der Waals surface area (Å²) in [7, 11) is 0. The maximum atomic E-state index is 13.7. The van der Waals surface area contributed by atoms with Crippen LogP contribution in [-0.2, 0) is 4.79 Å². The molecule has 0 atom stereocenters. The number of nitrogens with one attached hydrogen (secondary N) is 2. The minimum atomic E-state index is -1.81. The molecule has 1 heterocycles. The van der Waals surface area contributed by atoms with Crippen molar-refractivity contribution in [3.8, 4) is 5.75 Å². The molecule has 0 saturated carbocycles. The molecule has 0 bridgehead atoms. The second-order valence-electron chi connectivity index (χ2n) is 4.82. The van der Waals surface area contributed by atoms with E-state index in [-0.39, 0.29) is 29.8 Å². The zero-order valence-electron chi connectivity index (χ0n) is 11.8. The van der Waals surface area contributed by atoms with Crippen LogP contribution in [0.3, 0.4) is 0 Å². The van der Waals surface area contributed by atoms with E-state index < -0.39 is 40.6 Å². The number of hydrogen-bond acceptors (Lipinski definition) is 3. The third-order valence-electron chi connectivity index (χ3n) is 3.22. The number of carbonyl (C=O) groups is 2. The molecule has 2 N–H and O–H groups in total. The number of hydrogen-bond donors (Lipinski definition) is 2. The molecule has 0 saturated heterocycles.